The van der Waals surface area contributed by atoms with Gasteiger partial charge in [-0.2, -0.15) is 5.26 Å². The van der Waals surface area contributed by atoms with E-state index in [1.807, 2.05) is 66.7 Å². The molecule has 0 fully saturated rings. The predicted molar refractivity (Wildman–Crippen MR) is 90.9 cm³/mol. The minimum atomic E-state index is 0.248. The molecule has 0 unspecified atom stereocenters. The molecule has 0 saturated heterocycles. The van der Waals surface area contributed by atoms with E-state index in [0.717, 1.165) is 16.7 Å². The Morgan fingerprint density at radius 1 is 1.13 bits per heavy atom. The van der Waals surface area contributed by atoms with E-state index >= 15 is 0 Å². The van der Waals surface area contributed by atoms with Gasteiger partial charge in [-0.3, -0.25) is 0 Å². The lowest BCUT2D eigenvalue weighted by molar-refractivity contribution is 0.416. The molecule has 0 saturated carbocycles. The smallest absolute Gasteiger partial charge is 0.179 e. The van der Waals surface area contributed by atoms with Crippen molar-refractivity contribution in [2.75, 3.05) is 13.1 Å². The second-order valence-corrected chi connectivity index (χ2v) is 5.04. The summed E-state index contributed by atoms with van der Waals surface area (Å²) in [4.78, 5) is 4.47. The van der Waals surface area contributed by atoms with Gasteiger partial charge in [0.25, 0.3) is 0 Å². The summed E-state index contributed by atoms with van der Waals surface area (Å²) in [6, 6.07) is 19.6. The number of rotatable bonds is 7. The van der Waals surface area contributed by atoms with Crippen molar-refractivity contribution in [3.8, 4) is 6.19 Å². The number of azide groups is 1. The third kappa shape index (κ3) is 5.58. The molecule has 0 N–H and O–H groups in total. The van der Waals surface area contributed by atoms with Gasteiger partial charge in [-0.25, -0.2) is 0 Å². The van der Waals surface area contributed by atoms with E-state index in [4.69, 9.17) is 5.53 Å². The minimum Gasteiger partial charge on any atom is -0.302 e. The molecular weight excluding hydrogens is 286 g/mol. The lowest BCUT2D eigenvalue weighted by Crippen LogP contribution is -2.21. The van der Waals surface area contributed by atoms with Crippen LogP contribution in [0.1, 0.15) is 11.1 Å². The monoisotopic (exact) mass is 303 g/mol. The Kier molecular flexibility index (Phi) is 6.27. The first-order chi connectivity index (χ1) is 11.3. The molecule has 0 aliphatic heterocycles. The molecule has 0 aliphatic rings. The van der Waals surface area contributed by atoms with Gasteiger partial charge in [0.15, 0.2) is 6.19 Å². The van der Waals surface area contributed by atoms with Crippen LogP contribution in [-0.4, -0.2) is 18.0 Å². The van der Waals surface area contributed by atoms with Crippen molar-refractivity contribution in [1.29, 1.82) is 5.26 Å². The maximum Gasteiger partial charge on any atom is 0.179 e. The van der Waals surface area contributed by atoms with Crippen molar-refractivity contribution >= 4 is 6.08 Å². The number of nitriles is 1. The van der Waals surface area contributed by atoms with E-state index in [-0.39, 0.29) is 6.54 Å². The van der Waals surface area contributed by atoms with E-state index in [2.05, 4.69) is 16.2 Å². The normalized spacial score (nSPS) is 10.5. The van der Waals surface area contributed by atoms with Gasteiger partial charge in [0.1, 0.15) is 0 Å². The molecule has 23 heavy (non-hydrogen) atoms. The Morgan fingerprint density at radius 2 is 1.78 bits per heavy atom. The van der Waals surface area contributed by atoms with E-state index in [9.17, 15) is 5.26 Å². The van der Waals surface area contributed by atoms with Crippen molar-refractivity contribution < 1.29 is 0 Å². The minimum absolute atomic E-state index is 0.248. The molecule has 5 heteroatoms. The van der Waals surface area contributed by atoms with Crippen molar-refractivity contribution in [3.05, 3.63) is 87.8 Å². The first kappa shape index (κ1) is 16.2. The topological polar surface area (TPSA) is 75.8 Å². The summed E-state index contributed by atoms with van der Waals surface area (Å²) in [5, 5.41) is 13.0. The van der Waals surface area contributed by atoms with Crippen LogP contribution in [-0.2, 0) is 6.54 Å². The van der Waals surface area contributed by atoms with Gasteiger partial charge in [0.2, 0.25) is 0 Å². The number of hydrogen-bond donors (Lipinski definition) is 0. The molecule has 0 heterocycles. The number of nitrogens with zero attached hydrogens (tertiary/aromatic N) is 5. The first-order valence-corrected chi connectivity index (χ1v) is 7.26. The Hall–Kier alpha value is -3.22. The predicted octanol–water partition coefficient (Wildman–Crippen LogP) is 4.36. The molecule has 0 atom stereocenters. The van der Waals surface area contributed by atoms with Crippen LogP contribution < -0.4 is 0 Å². The Morgan fingerprint density at radius 3 is 2.39 bits per heavy atom. The lowest BCUT2D eigenvalue weighted by atomic mass is 10.1. The Bertz CT molecular complexity index is 725. The summed E-state index contributed by atoms with van der Waals surface area (Å²) >= 11 is 0. The summed E-state index contributed by atoms with van der Waals surface area (Å²) in [5.41, 5.74) is 11.5. The van der Waals surface area contributed by atoms with E-state index in [0.29, 0.717) is 13.1 Å². The molecule has 0 radical (unpaired) electrons. The second kappa shape index (κ2) is 8.93. The van der Waals surface area contributed by atoms with Crippen LogP contribution in [0.25, 0.3) is 16.5 Å². The lowest BCUT2D eigenvalue weighted by Gasteiger charge is -2.17. The molecule has 0 bridgehead atoms. The largest absolute Gasteiger partial charge is 0.302 e. The molecule has 2 rings (SSSR count). The Labute approximate surface area is 135 Å². The van der Waals surface area contributed by atoms with Crippen LogP contribution >= 0.6 is 0 Å². The van der Waals surface area contributed by atoms with E-state index in [1.54, 1.807) is 4.90 Å². The molecule has 2 aromatic carbocycles. The quantitative estimate of drug-likeness (QED) is 0.250. The zero-order chi connectivity index (χ0) is 16.3. The molecular formula is C18H17N5. The first-order valence-electron chi connectivity index (χ1n) is 7.26. The molecule has 0 aromatic heterocycles. The maximum absolute atomic E-state index is 9.37. The highest BCUT2D eigenvalue weighted by atomic mass is 15.1. The van der Waals surface area contributed by atoms with Gasteiger partial charge in [-0.15, -0.1) is 0 Å². The molecule has 0 amide bonds. The van der Waals surface area contributed by atoms with Gasteiger partial charge in [0, 0.05) is 18.0 Å². The summed E-state index contributed by atoms with van der Waals surface area (Å²) in [6.45, 7) is 1.21. The third-order valence-corrected chi connectivity index (χ3v) is 3.26. The van der Waals surface area contributed by atoms with Crippen molar-refractivity contribution in [1.82, 2.24) is 4.90 Å². The van der Waals surface area contributed by atoms with Crippen LogP contribution in [0.4, 0.5) is 0 Å². The van der Waals surface area contributed by atoms with Crippen LogP contribution in [0, 0.1) is 11.5 Å². The molecule has 0 spiro atoms. The van der Waals surface area contributed by atoms with Crippen molar-refractivity contribution in [2.24, 2.45) is 5.11 Å². The highest BCUT2D eigenvalue weighted by Gasteiger charge is 2.07. The summed E-state index contributed by atoms with van der Waals surface area (Å²) in [5.74, 6) is 0. The third-order valence-electron chi connectivity index (χ3n) is 3.26. The SMILES string of the molecule is N#CN(C/C(=C/c1ccccc1)CN=[N+]=[N-])Cc1ccccc1. The maximum atomic E-state index is 9.37. The summed E-state index contributed by atoms with van der Waals surface area (Å²) < 4.78 is 0. The van der Waals surface area contributed by atoms with Crippen molar-refractivity contribution in [3.63, 3.8) is 0 Å². The molecule has 0 aliphatic carbocycles. The Balaban J connectivity index is 2.14. The molecule has 5 nitrogen and oxygen atoms in total. The fraction of sp³-hybridized carbons (Fsp3) is 0.167. The highest BCUT2D eigenvalue weighted by molar-refractivity contribution is 5.53. The molecule has 2 aromatic rings. The van der Waals surface area contributed by atoms with Gasteiger partial charge < -0.3 is 4.90 Å². The summed E-state index contributed by atoms with van der Waals surface area (Å²) in [7, 11) is 0. The fourth-order valence-corrected chi connectivity index (χ4v) is 2.22. The second-order valence-electron chi connectivity index (χ2n) is 5.04. The van der Waals surface area contributed by atoms with Gasteiger partial charge in [-0.1, -0.05) is 71.9 Å². The zero-order valence-corrected chi connectivity index (χ0v) is 12.7. The fourth-order valence-electron chi connectivity index (χ4n) is 2.22. The zero-order valence-electron chi connectivity index (χ0n) is 12.7. The van der Waals surface area contributed by atoms with Gasteiger partial charge in [0.05, 0.1) is 6.54 Å². The molecule has 114 valence electrons. The average Bonchev–Trinajstić information content (AvgIpc) is 2.60. The van der Waals surface area contributed by atoms with Crippen LogP contribution in [0.15, 0.2) is 71.4 Å². The van der Waals surface area contributed by atoms with E-state index < -0.39 is 0 Å². The van der Waals surface area contributed by atoms with Crippen molar-refractivity contribution in [2.45, 2.75) is 6.54 Å². The highest BCUT2D eigenvalue weighted by Crippen LogP contribution is 2.11. The summed E-state index contributed by atoms with van der Waals surface area (Å²) in [6.07, 6.45) is 4.16. The number of hydrogen-bond acceptors (Lipinski definition) is 3. The van der Waals surface area contributed by atoms with Crippen LogP contribution in [0.2, 0.25) is 0 Å². The number of benzene rings is 2. The van der Waals surface area contributed by atoms with E-state index in [1.165, 1.54) is 0 Å². The van der Waals surface area contributed by atoms with Crippen LogP contribution in [0.3, 0.4) is 0 Å². The van der Waals surface area contributed by atoms with Crippen LogP contribution in [0.5, 0.6) is 0 Å². The standard InChI is InChI=1S/C18H17N5/c19-15-23(13-17-9-5-2-6-10-17)14-18(12-21-22-20)11-16-7-3-1-4-8-16/h1-11H,12-14H2/b18-11+. The van der Waals surface area contributed by atoms with Gasteiger partial charge in [-0.05, 0) is 22.2 Å². The van der Waals surface area contributed by atoms with Gasteiger partial charge >= 0.3 is 0 Å². The average molecular weight is 303 g/mol.